The number of cyclic esters (lactones) is 1. The Morgan fingerprint density at radius 1 is 1.20 bits per heavy atom. The van der Waals surface area contributed by atoms with Gasteiger partial charge in [-0.15, -0.1) is 0 Å². The second-order valence-electron chi connectivity index (χ2n) is 5.84. The molecule has 1 N–H and O–H groups in total. The summed E-state index contributed by atoms with van der Waals surface area (Å²) in [6, 6.07) is 9.34. The molecular formula is C19H15Cl2FO3. The highest BCUT2D eigenvalue weighted by Gasteiger charge is 2.25. The monoisotopic (exact) mass is 380 g/mol. The molecule has 3 nitrogen and oxygen atoms in total. The van der Waals surface area contributed by atoms with E-state index in [-0.39, 0.29) is 12.2 Å². The first-order chi connectivity index (χ1) is 11.9. The van der Waals surface area contributed by atoms with Crippen LogP contribution in [0.1, 0.15) is 18.4 Å². The maximum absolute atomic E-state index is 13.2. The van der Waals surface area contributed by atoms with E-state index in [1.807, 2.05) is 0 Å². The van der Waals surface area contributed by atoms with E-state index in [0.29, 0.717) is 22.0 Å². The van der Waals surface area contributed by atoms with Gasteiger partial charge in [-0.05, 0) is 41.5 Å². The van der Waals surface area contributed by atoms with Crippen molar-refractivity contribution in [1.82, 2.24) is 0 Å². The average molecular weight is 381 g/mol. The lowest BCUT2D eigenvalue weighted by Crippen LogP contribution is -2.31. The van der Waals surface area contributed by atoms with Crippen molar-refractivity contribution in [3.63, 3.8) is 0 Å². The van der Waals surface area contributed by atoms with Crippen LogP contribution in [-0.2, 0) is 9.53 Å². The molecule has 0 bridgehead atoms. The number of hydrogen-bond acceptors (Lipinski definition) is 3. The number of ether oxygens (including phenoxy) is 1. The fraction of sp³-hybridized carbons (Fsp3) is 0.211. The summed E-state index contributed by atoms with van der Waals surface area (Å²) in [5, 5.41) is 10.6. The molecule has 130 valence electrons. The fourth-order valence-electron chi connectivity index (χ4n) is 2.75. The zero-order chi connectivity index (χ0) is 18.0. The van der Waals surface area contributed by atoms with Crippen molar-refractivity contribution >= 4 is 35.2 Å². The molecule has 1 fully saturated rings. The van der Waals surface area contributed by atoms with Crippen molar-refractivity contribution in [2.75, 3.05) is 0 Å². The number of esters is 1. The van der Waals surface area contributed by atoms with Gasteiger partial charge < -0.3 is 9.84 Å². The summed E-state index contributed by atoms with van der Waals surface area (Å²) in [6.45, 7) is 0. The molecule has 1 aliphatic rings. The summed E-state index contributed by atoms with van der Waals surface area (Å²) in [5.74, 6) is -0.772. The summed E-state index contributed by atoms with van der Waals surface area (Å²) in [5.41, 5.74) is 2.16. The first-order valence-corrected chi connectivity index (χ1v) is 8.48. The first kappa shape index (κ1) is 17.9. The topological polar surface area (TPSA) is 46.5 Å². The fourth-order valence-corrected chi connectivity index (χ4v) is 3.31. The molecule has 2 aromatic carbocycles. The molecule has 0 aliphatic carbocycles. The van der Waals surface area contributed by atoms with E-state index in [9.17, 15) is 14.3 Å². The number of carbonyl (C=O) groups is 1. The number of carbonyl (C=O) groups excluding carboxylic acids is 1. The quantitative estimate of drug-likeness (QED) is 0.771. The molecule has 0 spiro atoms. The van der Waals surface area contributed by atoms with Gasteiger partial charge in [0, 0.05) is 22.0 Å². The van der Waals surface area contributed by atoms with Crippen LogP contribution in [0.15, 0.2) is 42.5 Å². The molecule has 2 aromatic rings. The Hall–Kier alpha value is -1.88. The first-order valence-electron chi connectivity index (χ1n) is 7.73. The molecule has 6 heteroatoms. The van der Waals surface area contributed by atoms with Gasteiger partial charge in [0.05, 0.1) is 12.5 Å². The number of aliphatic hydroxyl groups excluding tert-OH is 1. The van der Waals surface area contributed by atoms with E-state index in [4.69, 9.17) is 27.9 Å². The number of hydrogen-bond donors (Lipinski definition) is 1. The Kier molecular flexibility index (Phi) is 5.42. The lowest BCUT2D eigenvalue weighted by atomic mass is 9.98. The molecule has 0 amide bonds. The van der Waals surface area contributed by atoms with Crippen LogP contribution in [0.3, 0.4) is 0 Å². The van der Waals surface area contributed by atoms with Crippen molar-refractivity contribution in [3.8, 4) is 11.1 Å². The normalized spacial score (nSPS) is 20.7. The Balaban J connectivity index is 1.96. The van der Waals surface area contributed by atoms with Crippen molar-refractivity contribution in [2.45, 2.75) is 25.0 Å². The van der Waals surface area contributed by atoms with Gasteiger partial charge in [-0.2, -0.15) is 0 Å². The zero-order valence-corrected chi connectivity index (χ0v) is 14.6. The van der Waals surface area contributed by atoms with Gasteiger partial charge in [-0.3, -0.25) is 4.79 Å². The number of halogens is 3. The van der Waals surface area contributed by atoms with Crippen molar-refractivity contribution in [1.29, 1.82) is 0 Å². The van der Waals surface area contributed by atoms with E-state index in [0.717, 1.165) is 11.1 Å². The zero-order valence-electron chi connectivity index (χ0n) is 13.1. The lowest BCUT2D eigenvalue weighted by molar-refractivity contribution is -0.156. The minimum Gasteiger partial charge on any atom is -0.458 e. The van der Waals surface area contributed by atoms with E-state index < -0.39 is 18.2 Å². The maximum Gasteiger partial charge on any atom is 0.309 e. The third-order valence-electron chi connectivity index (χ3n) is 3.92. The van der Waals surface area contributed by atoms with Gasteiger partial charge in [0.25, 0.3) is 0 Å². The van der Waals surface area contributed by atoms with Crippen LogP contribution >= 0.6 is 23.2 Å². The van der Waals surface area contributed by atoms with Gasteiger partial charge in [-0.25, -0.2) is 4.39 Å². The highest BCUT2D eigenvalue weighted by atomic mass is 35.5. The van der Waals surface area contributed by atoms with Crippen LogP contribution in [-0.4, -0.2) is 23.3 Å². The third kappa shape index (κ3) is 4.40. The van der Waals surface area contributed by atoms with Crippen LogP contribution in [0.25, 0.3) is 17.2 Å². The van der Waals surface area contributed by atoms with Gasteiger partial charge in [0.1, 0.15) is 11.9 Å². The molecule has 1 saturated heterocycles. The molecule has 0 unspecified atom stereocenters. The Morgan fingerprint density at radius 3 is 2.60 bits per heavy atom. The van der Waals surface area contributed by atoms with E-state index in [1.165, 1.54) is 12.1 Å². The van der Waals surface area contributed by atoms with E-state index >= 15 is 0 Å². The van der Waals surface area contributed by atoms with Gasteiger partial charge in [-0.1, -0.05) is 41.4 Å². The number of aliphatic hydroxyl groups is 1. The van der Waals surface area contributed by atoms with Gasteiger partial charge >= 0.3 is 5.97 Å². The number of rotatable bonds is 3. The molecular weight excluding hydrogens is 366 g/mol. The maximum atomic E-state index is 13.2. The number of benzene rings is 2. The van der Waals surface area contributed by atoms with Crippen LogP contribution in [0.2, 0.25) is 10.0 Å². The van der Waals surface area contributed by atoms with Gasteiger partial charge in [0.15, 0.2) is 0 Å². The molecule has 2 atom stereocenters. The van der Waals surface area contributed by atoms with Crippen LogP contribution < -0.4 is 0 Å². The van der Waals surface area contributed by atoms with E-state index in [2.05, 4.69) is 0 Å². The van der Waals surface area contributed by atoms with E-state index in [1.54, 1.807) is 36.4 Å². The highest BCUT2D eigenvalue weighted by Crippen LogP contribution is 2.34. The Labute approximate surface area is 154 Å². The largest absolute Gasteiger partial charge is 0.458 e. The molecule has 1 heterocycles. The van der Waals surface area contributed by atoms with Crippen LogP contribution in [0.5, 0.6) is 0 Å². The minimum atomic E-state index is -0.715. The summed E-state index contributed by atoms with van der Waals surface area (Å²) in [7, 11) is 0. The van der Waals surface area contributed by atoms with Crippen LogP contribution in [0.4, 0.5) is 4.39 Å². The Bertz CT molecular complexity index is 818. The van der Waals surface area contributed by atoms with Crippen molar-refractivity contribution in [2.24, 2.45) is 0 Å². The summed E-state index contributed by atoms with van der Waals surface area (Å²) in [6.07, 6.45) is 2.51. The van der Waals surface area contributed by atoms with Gasteiger partial charge in [0.2, 0.25) is 0 Å². The molecule has 0 aromatic heterocycles. The predicted molar refractivity (Wildman–Crippen MR) is 96.0 cm³/mol. The molecule has 0 radical (unpaired) electrons. The second kappa shape index (κ2) is 7.56. The molecule has 0 saturated carbocycles. The molecule has 3 rings (SSSR count). The summed E-state index contributed by atoms with van der Waals surface area (Å²) in [4.78, 5) is 11.4. The smallest absolute Gasteiger partial charge is 0.309 e. The minimum absolute atomic E-state index is 0.00682. The molecule has 1 aliphatic heterocycles. The standard InChI is InChI=1S/C19H15Cl2FO3/c20-12-7-17(11-1-3-13(22)4-2-11)16(18(21)8-12)6-5-15-9-14(23)10-19(24)25-15/h1-8,14-15,23H,9-10H2/t14-,15+/m1/s1. The lowest BCUT2D eigenvalue weighted by Gasteiger charge is -2.23. The Morgan fingerprint density at radius 2 is 1.92 bits per heavy atom. The summed E-state index contributed by atoms with van der Waals surface area (Å²) >= 11 is 12.4. The van der Waals surface area contributed by atoms with Crippen molar-refractivity contribution < 1.29 is 19.0 Å². The predicted octanol–water partition coefficient (Wildman–Crippen LogP) is 4.88. The second-order valence-corrected chi connectivity index (χ2v) is 6.68. The molecule has 25 heavy (non-hydrogen) atoms. The average Bonchev–Trinajstić information content (AvgIpc) is 2.53. The third-order valence-corrected chi connectivity index (χ3v) is 4.45. The highest BCUT2D eigenvalue weighted by molar-refractivity contribution is 6.36. The van der Waals surface area contributed by atoms with Crippen molar-refractivity contribution in [3.05, 3.63) is 63.9 Å². The van der Waals surface area contributed by atoms with Crippen LogP contribution in [0, 0.1) is 5.82 Å². The SMILES string of the molecule is O=C1C[C@H](O)C[C@H](C=Cc2c(Cl)cc(Cl)cc2-c2ccc(F)cc2)O1. The summed E-state index contributed by atoms with van der Waals surface area (Å²) < 4.78 is 18.4.